The Labute approximate surface area is 467 Å². The van der Waals surface area contributed by atoms with Gasteiger partial charge in [0.2, 0.25) is 41.1 Å². The maximum absolute atomic E-state index is 13.9. The largest absolute Gasteiger partial charge is 0.356 e. The third-order valence-electron chi connectivity index (χ3n) is 12.3. The summed E-state index contributed by atoms with van der Waals surface area (Å²) in [5.74, 6) is -6.26. The zero-order chi connectivity index (χ0) is 58.7. The molecule has 12 bridgehead atoms. The number of rotatable bonds is 8. The summed E-state index contributed by atoms with van der Waals surface area (Å²) in [6, 6.07) is 3.12. The van der Waals surface area contributed by atoms with Crippen molar-refractivity contribution in [2.75, 3.05) is 83.7 Å². The van der Waals surface area contributed by atoms with Gasteiger partial charge in [0.05, 0.1) is 22.8 Å². The van der Waals surface area contributed by atoms with Gasteiger partial charge in [0.1, 0.15) is 23.1 Å². The van der Waals surface area contributed by atoms with Crippen LogP contribution >= 0.6 is 11.8 Å². The molecule has 0 aliphatic carbocycles. The van der Waals surface area contributed by atoms with E-state index in [9.17, 15) is 47.9 Å². The van der Waals surface area contributed by atoms with Gasteiger partial charge < -0.3 is 85.5 Å². The minimum absolute atomic E-state index is 0.0109. The second-order valence-electron chi connectivity index (χ2n) is 19.2. The smallest absolute Gasteiger partial charge is 0.292 e. The second kappa shape index (κ2) is 26.4. The van der Waals surface area contributed by atoms with Crippen LogP contribution in [0.4, 0.5) is 34.5 Å². The third kappa shape index (κ3) is 15.8. The lowest BCUT2D eigenvalue weighted by molar-refractivity contribution is -0.123. The first-order valence-electron chi connectivity index (χ1n) is 25.3. The van der Waals surface area contributed by atoms with Crippen molar-refractivity contribution in [2.24, 2.45) is 42.3 Å². The molecule has 0 saturated carbocycles. The zero-order valence-corrected chi connectivity index (χ0v) is 46.6. The molecule has 0 radical (unpaired) electrons. The number of nitrogens with one attached hydrogen (secondary N) is 10. The van der Waals surface area contributed by atoms with Crippen LogP contribution in [0.1, 0.15) is 89.0 Å². The summed E-state index contributed by atoms with van der Waals surface area (Å²) in [5.41, 5.74) is 1.24. The predicted molar refractivity (Wildman–Crippen MR) is 299 cm³/mol. The van der Waals surface area contributed by atoms with Crippen molar-refractivity contribution < 1.29 is 47.9 Å². The Morgan fingerprint density at radius 1 is 0.568 bits per heavy atom. The molecule has 6 aromatic heterocycles. The van der Waals surface area contributed by atoms with Gasteiger partial charge in [-0.05, 0) is 51.7 Å². The molecule has 81 heavy (non-hydrogen) atoms. The Morgan fingerprint density at radius 2 is 1.05 bits per heavy atom. The minimum Gasteiger partial charge on any atom is -0.356 e. The quantitative estimate of drug-likeness (QED) is 0.0924. The highest BCUT2D eigenvalue weighted by molar-refractivity contribution is 8.00. The fourth-order valence-electron chi connectivity index (χ4n) is 8.27. The number of nitrogens with zero attached hydrogens (tertiary/aromatic N) is 10. The number of carbonyl (C=O) groups is 10. The number of hydrogen-bond acceptors (Lipinski definition) is 15. The molecular formula is C50H64N20O10S. The third-order valence-corrected chi connectivity index (χ3v) is 13.3. The lowest BCUT2D eigenvalue weighted by Crippen LogP contribution is -2.49. The van der Waals surface area contributed by atoms with Gasteiger partial charge in [0.15, 0.2) is 17.5 Å². The van der Waals surface area contributed by atoms with Crippen LogP contribution in [0.15, 0.2) is 55.4 Å². The number of anilines is 6. The predicted octanol–water partition coefficient (Wildman–Crippen LogP) is 0.418. The maximum atomic E-state index is 13.9. The zero-order valence-electron chi connectivity index (χ0n) is 45.8. The molecule has 30 nitrogen and oxygen atoms in total. The normalized spacial score (nSPS) is 15.7. The van der Waals surface area contributed by atoms with Crippen molar-refractivity contribution >= 4 is 105 Å². The van der Waals surface area contributed by atoms with E-state index in [-0.39, 0.29) is 119 Å². The summed E-state index contributed by atoms with van der Waals surface area (Å²) >= 11 is 1.01. The average molecular weight is 1140 g/mol. The van der Waals surface area contributed by atoms with E-state index in [1.807, 2.05) is 19.0 Å². The van der Waals surface area contributed by atoms with Crippen LogP contribution < -0.4 is 53.2 Å². The lowest BCUT2D eigenvalue weighted by Gasteiger charge is -2.18. The molecule has 1 atom stereocenters. The molecule has 0 unspecified atom stereocenters. The van der Waals surface area contributed by atoms with Crippen LogP contribution in [0.5, 0.6) is 0 Å². The molecule has 31 heteroatoms. The maximum Gasteiger partial charge on any atom is 0.292 e. The first-order valence-corrected chi connectivity index (χ1v) is 26.5. The molecule has 6 aromatic rings. The fourth-order valence-corrected chi connectivity index (χ4v) is 9.12. The summed E-state index contributed by atoms with van der Waals surface area (Å²) in [6.07, 6.45) is 9.74. The molecular weight excluding hydrogens is 1070 g/mol. The van der Waals surface area contributed by atoms with Gasteiger partial charge in [-0.1, -0.05) is 0 Å². The van der Waals surface area contributed by atoms with E-state index in [1.54, 1.807) is 34.4 Å². The number of carbonyl (C=O) groups excluding carboxylic acids is 10. The van der Waals surface area contributed by atoms with Crippen molar-refractivity contribution in [3.05, 3.63) is 89.9 Å². The number of aryl methyl sites for hydroxylation is 6. The molecule has 1 aliphatic heterocycles. The molecule has 0 fully saturated rings. The highest BCUT2D eigenvalue weighted by Crippen LogP contribution is 2.21. The van der Waals surface area contributed by atoms with Crippen molar-refractivity contribution in [3.63, 3.8) is 0 Å². The highest BCUT2D eigenvalue weighted by atomic mass is 32.2. The lowest BCUT2D eigenvalue weighted by atomic mass is 10.2. The number of amides is 10. The summed E-state index contributed by atoms with van der Waals surface area (Å²) < 4.78 is 8.58. The highest BCUT2D eigenvalue weighted by Gasteiger charge is 2.26. The molecule has 7 heterocycles. The Kier molecular flexibility index (Phi) is 19.3. The molecule has 0 aromatic carbocycles. The van der Waals surface area contributed by atoms with Crippen molar-refractivity contribution in [2.45, 2.75) is 31.7 Å². The average Bonchev–Trinajstić information content (AvgIpc) is 4.42. The molecule has 10 N–H and O–H groups in total. The second-order valence-corrected chi connectivity index (χ2v) is 20.2. The first-order chi connectivity index (χ1) is 38.5. The SMILES string of the molecule is CN(C)CCCNC(=O)CCNC(=O)[C@H]1CSCC(=O)Nc2cn(C)c(n2)C(=O)Nc2cn(C)c(n2)C(=O)Nc2cn(C)c(n2)C(=O)NCCCC(=O)Nc2cc(n(C)c2)C(=O)Nc2cc(n(C)c2)C(=O)Nc2cc(n(C)c2)C(=O)N1. The van der Waals surface area contributed by atoms with Gasteiger partial charge in [0, 0.05) is 118 Å². The molecule has 0 spiro atoms. The monoisotopic (exact) mass is 1140 g/mol. The van der Waals surface area contributed by atoms with E-state index < -0.39 is 53.3 Å². The Balaban J connectivity index is 1.07. The molecule has 0 saturated heterocycles. The number of hydrogen-bond donors (Lipinski definition) is 10. The van der Waals surface area contributed by atoms with Crippen molar-refractivity contribution in [1.82, 2.24) is 68.5 Å². The van der Waals surface area contributed by atoms with E-state index in [2.05, 4.69) is 68.1 Å². The van der Waals surface area contributed by atoms with Crippen LogP contribution in [-0.2, 0) is 61.5 Å². The van der Waals surface area contributed by atoms with E-state index in [0.717, 1.165) is 24.7 Å². The van der Waals surface area contributed by atoms with E-state index in [0.29, 0.717) is 12.2 Å². The van der Waals surface area contributed by atoms with Gasteiger partial charge >= 0.3 is 0 Å². The van der Waals surface area contributed by atoms with Crippen LogP contribution in [0.2, 0.25) is 0 Å². The topological polar surface area (TPSA) is 362 Å². The Hall–Kier alpha value is -9.52. The van der Waals surface area contributed by atoms with Gasteiger partial charge in [-0.2, -0.15) is 0 Å². The first kappa shape index (κ1) is 59.1. The summed E-state index contributed by atoms with van der Waals surface area (Å²) in [4.78, 5) is 148. The van der Waals surface area contributed by atoms with E-state index in [4.69, 9.17) is 0 Å². The number of aromatic nitrogens is 9. The van der Waals surface area contributed by atoms with Gasteiger partial charge in [0.25, 0.3) is 35.4 Å². The number of imidazole rings is 3. The van der Waals surface area contributed by atoms with Crippen molar-refractivity contribution in [1.29, 1.82) is 0 Å². The van der Waals surface area contributed by atoms with Crippen LogP contribution in [0.25, 0.3) is 0 Å². The van der Waals surface area contributed by atoms with Gasteiger partial charge in [-0.15, -0.1) is 11.8 Å². The van der Waals surface area contributed by atoms with E-state index >= 15 is 0 Å². The van der Waals surface area contributed by atoms with Crippen LogP contribution in [0.3, 0.4) is 0 Å². The number of thioether (sulfide) groups is 1. The molecule has 1 aliphatic rings. The molecule has 7 rings (SSSR count). The van der Waals surface area contributed by atoms with Gasteiger partial charge in [-0.3, -0.25) is 47.9 Å². The fraction of sp³-hybridized carbons (Fsp3) is 0.380. The summed E-state index contributed by atoms with van der Waals surface area (Å²) in [7, 11) is 13.2. The van der Waals surface area contributed by atoms with Crippen molar-refractivity contribution in [3.8, 4) is 0 Å². The van der Waals surface area contributed by atoms with E-state index in [1.165, 1.54) is 90.7 Å². The van der Waals surface area contributed by atoms with Crippen LogP contribution in [0, 0.1) is 0 Å². The van der Waals surface area contributed by atoms with Gasteiger partial charge in [-0.25, -0.2) is 15.0 Å². The number of fused-ring (bicyclic) bond motifs is 12. The standard InChI is InChI=1S/C50H64N20O10S/c1-64(2)16-10-14-51-38(71)12-15-53-44(74)31-26-81-27-40(73)58-35-23-69(7)42(59-35)49(79)63-37-25-70(8)43(61-37)50(80)62-36-24-68(6)41(60-36)48(78)52-13-9-11-39(72)54-28-17-32(65(3)20-28)45(75)55-29-18-33(66(4)21-29)46(76)56-30-19-34(47(77)57-31)67(5)22-30/h17-25,31H,9-16,26-27H2,1-8H3,(H,51,71)(H,52,78)(H,53,74)(H,54,72)(H,55,75)(H,56,76)(H,57,77)(H,58,73)(H,62,80)(H,63,79)/t31-/m1/s1. The van der Waals surface area contributed by atoms with Crippen LogP contribution in [-0.4, -0.2) is 164 Å². The Bertz CT molecular complexity index is 3390. The molecule has 10 amide bonds. The molecule has 430 valence electrons. The minimum atomic E-state index is -1.22. The summed E-state index contributed by atoms with van der Waals surface area (Å²) in [5, 5.41) is 27.0. The summed E-state index contributed by atoms with van der Waals surface area (Å²) in [6.45, 7) is 1.28. The Morgan fingerprint density at radius 3 is 1.57 bits per heavy atom.